The summed E-state index contributed by atoms with van der Waals surface area (Å²) in [5.74, 6) is 0. The van der Waals surface area contributed by atoms with Gasteiger partial charge in [0.1, 0.15) is 0 Å². The number of nitrogens with two attached hydrogens (primary N) is 1. The lowest BCUT2D eigenvalue weighted by Crippen LogP contribution is -2.41. The van der Waals surface area contributed by atoms with E-state index in [9.17, 15) is 0 Å². The Morgan fingerprint density at radius 3 is 2.53 bits per heavy atom. The fourth-order valence-corrected chi connectivity index (χ4v) is 2.43. The van der Waals surface area contributed by atoms with Gasteiger partial charge in [-0.2, -0.15) is 5.26 Å². The molecule has 1 aliphatic rings. The van der Waals surface area contributed by atoms with E-state index in [0.717, 1.165) is 19.5 Å². The van der Waals surface area contributed by atoms with Gasteiger partial charge in [0.05, 0.1) is 6.07 Å². The summed E-state index contributed by atoms with van der Waals surface area (Å²) in [5, 5.41) is 8.51. The van der Waals surface area contributed by atoms with Crippen LogP contribution in [0.1, 0.15) is 45.4 Å². The van der Waals surface area contributed by atoms with E-state index in [-0.39, 0.29) is 0 Å². The molecule has 3 heteroatoms. The highest BCUT2D eigenvalue weighted by atomic mass is 15.1. The minimum absolute atomic E-state index is 0.430. The molecule has 0 aromatic heterocycles. The molecule has 86 valence electrons. The second-order valence-corrected chi connectivity index (χ2v) is 4.46. The van der Waals surface area contributed by atoms with Crippen molar-refractivity contribution in [1.82, 2.24) is 4.90 Å². The van der Waals surface area contributed by atoms with E-state index in [0.29, 0.717) is 18.5 Å². The summed E-state index contributed by atoms with van der Waals surface area (Å²) in [6, 6.07) is 3.36. The summed E-state index contributed by atoms with van der Waals surface area (Å²) < 4.78 is 0. The van der Waals surface area contributed by atoms with Crippen molar-refractivity contribution in [3.63, 3.8) is 0 Å². The van der Waals surface area contributed by atoms with Crippen LogP contribution < -0.4 is 5.73 Å². The Bertz CT molecular complexity index is 201. The SMILES string of the molecule is CCN(CCCC#N)C1CCC(N)CC1. The van der Waals surface area contributed by atoms with Crippen LogP contribution in [-0.4, -0.2) is 30.1 Å². The number of hydrogen-bond acceptors (Lipinski definition) is 3. The molecule has 1 aliphatic carbocycles. The summed E-state index contributed by atoms with van der Waals surface area (Å²) >= 11 is 0. The third-order valence-electron chi connectivity index (χ3n) is 3.40. The van der Waals surface area contributed by atoms with Crippen LogP contribution in [0.2, 0.25) is 0 Å². The van der Waals surface area contributed by atoms with Crippen LogP contribution in [-0.2, 0) is 0 Å². The maximum Gasteiger partial charge on any atom is 0.0622 e. The van der Waals surface area contributed by atoms with E-state index in [1.165, 1.54) is 25.7 Å². The van der Waals surface area contributed by atoms with Gasteiger partial charge in [0.15, 0.2) is 0 Å². The first-order valence-corrected chi connectivity index (χ1v) is 6.14. The van der Waals surface area contributed by atoms with Crippen molar-refractivity contribution in [3.05, 3.63) is 0 Å². The highest BCUT2D eigenvalue weighted by molar-refractivity contribution is 4.81. The Hall–Kier alpha value is -0.590. The van der Waals surface area contributed by atoms with Crippen LogP contribution in [0.15, 0.2) is 0 Å². The molecule has 0 bridgehead atoms. The molecule has 0 aromatic carbocycles. The van der Waals surface area contributed by atoms with Crippen molar-refractivity contribution in [2.75, 3.05) is 13.1 Å². The minimum atomic E-state index is 0.430. The third kappa shape index (κ3) is 4.19. The molecule has 1 fully saturated rings. The molecule has 0 atom stereocenters. The summed E-state index contributed by atoms with van der Waals surface area (Å²) in [5.41, 5.74) is 5.90. The van der Waals surface area contributed by atoms with Gasteiger partial charge in [-0.05, 0) is 45.2 Å². The highest BCUT2D eigenvalue weighted by Gasteiger charge is 2.22. The normalized spacial score (nSPS) is 26.5. The second kappa shape index (κ2) is 6.81. The van der Waals surface area contributed by atoms with Gasteiger partial charge in [0.2, 0.25) is 0 Å². The lowest BCUT2D eigenvalue weighted by atomic mass is 9.90. The fourth-order valence-electron chi connectivity index (χ4n) is 2.43. The number of unbranched alkanes of at least 4 members (excludes halogenated alkanes) is 1. The number of hydrogen-bond donors (Lipinski definition) is 1. The van der Waals surface area contributed by atoms with Gasteiger partial charge in [0, 0.05) is 18.5 Å². The average molecular weight is 209 g/mol. The van der Waals surface area contributed by atoms with Crippen molar-refractivity contribution in [2.45, 2.75) is 57.5 Å². The van der Waals surface area contributed by atoms with E-state index in [2.05, 4.69) is 17.9 Å². The number of rotatable bonds is 5. The van der Waals surface area contributed by atoms with Crippen LogP contribution in [0.4, 0.5) is 0 Å². The molecule has 0 spiro atoms. The first-order chi connectivity index (χ1) is 7.27. The predicted octanol–water partition coefficient (Wildman–Crippen LogP) is 1.88. The molecular weight excluding hydrogens is 186 g/mol. The summed E-state index contributed by atoms with van der Waals surface area (Å²) in [6.07, 6.45) is 6.50. The highest BCUT2D eigenvalue weighted by Crippen LogP contribution is 2.22. The van der Waals surface area contributed by atoms with E-state index in [1.54, 1.807) is 0 Å². The predicted molar refractivity (Wildman–Crippen MR) is 62.3 cm³/mol. The molecule has 0 saturated heterocycles. The zero-order valence-electron chi connectivity index (χ0n) is 9.78. The Kier molecular flexibility index (Phi) is 5.67. The maximum absolute atomic E-state index is 8.51. The van der Waals surface area contributed by atoms with Crippen LogP contribution in [0.5, 0.6) is 0 Å². The van der Waals surface area contributed by atoms with Gasteiger partial charge in [-0.25, -0.2) is 0 Å². The van der Waals surface area contributed by atoms with E-state index in [1.807, 2.05) is 0 Å². The van der Waals surface area contributed by atoms with Crippen molar-refractivity contribution in [2.24, 2.45) is 5.73 Å². The summed E-state index contributed by atoms with van der Waals surface area (Å²) in [6.45, 7) is 4.39. The van der Waals surface area contributed by atoms with Crippen molar-refractivity contribution >= 4 is 0 Å². The summed E-state index contributed by atoms with van der Waals surface area (Å²) in [7, 11) is 0. The summed E-state index contributed by atoms with van der Waals surface area (Å²) in [4.78, 5) is 2.52. The molecule has 0 amide bonds. The van der Waals surface area contributed by atoms with Gasteiger partial charge < -0.3 is 10.6 Å². The van der Waals surface area contributed by atoms with Crippen molar-refractivity contribution in [3.8, 4) is 6.07 Å². The Balaban J connectivity index is 2.28. The first-order valence-electron chi connectivity index (χ1n) is 6.14. The average Bonchev–Trinajstić information content (AvgIpc) is 2.26. The lowest BCUT2D eigenvalue weighted by Gasteiger charge is -2.35. The van der Waals surface area contributed by atoms with Crippen LogP contribution in [0.25, 0.3) is 0 Å². The molecule has 0 radical (unpaired) electrons. The monoisotopic (exact) mass is 209 g/mol. The van der Waals surface area contributed by atoms with E-state index < -0.39 is 0 Å². The topological polar surface area (TPSA) is 53.0 Å². The lowest BCUT2D eigenvalue weighted by molar-refractivity contribution is 0.155. The van der Waals surface area contributed by atoms with Gasteiger partial charge in [-0.15, -0.1) is 0 Å². The maximum atomic E-state index is 8.51. The van der Waals surface area contributed by atoms with Crippen molar-refractivity contribution < 1.29 is 0 Å². The minimum Gasteiger partial charge on any atom is -0.328 e. The van der Waals surface area contributed by atoms with Crippen LogP contribution in [0.3, 0.4) is 0 Å². The van der Waals surface area contributed by atoms with Crippen LogP contribution >= 0.6 is 0 Å². The van der Waals surface area contributed by atoms with Crippen LogP contribution in [0, 0.1) is 11.3 Å². The quantitative estimate of drug-likeness (QED) is 0.703. The van der Waals surface area contributed by atoms with Crippen molar-refractivity contribution in [1.29, 1.82) is 5.26 Å². The fraction of sp³-hybridized carbons (Fsp3) is 0.917. The van der Waals surface area contributed by atoms with Gasteiger partial charge in [-0.1, -0.05) is 6.92 Å². The van der Waals surface area contributed by atoms with Gasteiger partial charge >= 0.3 is 0 Å². The molecule has 15 heavy (non-hydrogen) atoms. The Labute approximate surface area is 93.2 Å². The van der Waals surface area contributed by atoms with Gasteiger partial charge in [-0.3, -0.25) is 0 Å². The molecule has 0 unspecified atom stereocenters. The molecular formula is C12H23N3. The molecule has 1 saturated carbocycles. The number of nitriles is 1. The van der Waals surface area contributed by atoms with E-state index in [4.69, 9.17) is 11.0 Å². The molecule has 0 heterocycles. The van der Waals surface area contributed by atoms with Gasteiger partial charge in [0.25, 0.3) is 0 Å². The smallest absolute Gasteiger partial charge is 0.0622 e. The largest absolute Gasteiger partial charge is 0.328 e. The molecule has 1 rings (SSSR count). The third-order valence-corrected chi connectivity index (χ3v) is 3.40. The van der Waals surface area contributed by atoms with E-state index >= 15 is 0 Å². The molecule has 3 nitrogen and oxygen atoms in total. The molecule has 0 aliphatic heterocycles. The Morgan fingerprint density at radius 1 is 1.33 bits per heavy atom. The zero-order chi connectivity index (χ0) is 11.1. The molecule has 0 aromatic rings. The Morgan fingerprint density at radius 2 is 2.00 bits per heavy atom. The second-order valence-electron chi connectivity index (χ2n) is 4.46. The zero-order valence-corrected chi connectivity index (χ0v) is 9.78. The number of nitrogens with zero attached hydrogens (tertiary/aromatic N) is 2. The standard InChI is InChI=1S/C12H23N3/c1-2-15(10-4-3-9-13)12-7-5-11(14)6-8-12/h11-12H,2-8,10,14H2,1H3. The first kappa shape index (κ1) is 12.5. The molecule has 2 N–H and O–H groups in total.